The minimum absolute atomic E-state index is 0.359. The van der Waals surface area contributed by atoms with Crippen LogP contribution >= 0.6 is 33.0 Å². The Balaban J connectivity index is 0. The molecule has 0 aromatic rings. The third-order valence-electron chi connectivity index (χ3n) is 0.530. The first-order valence-corrected chi connectivity index (χ1v) is 6.10. The van der Waals surface area contributed by atoms with Gasteiger partial charge in [0.1, 0.15) is 0 Å². The van der Waals surface area contributed by atoms with Gasteiger partial charge in [-0.05, 0) is 5.92 Å². The monoisotopic (exact) mass is 254 g/mol. The molecule has 0 bridgehead atoms. The van der Waals surface area contributed by atoms with E-state index in [2.05, 4.69) is 26.1 Å². The van der Waals surface area contributed by atoms with Crippen molar-refractivity contribution in [3.63, 3.8) is 0 Å². The van der Waals surface area contributed by atoms with Gasteiger partial charge in [-0.2, -0.15) is 0 Å². The predicted molar refractivity (Wildman–Crippen MR) is 51.9 cm³/mol. The van der Waals surface area contributed by atoms with Crippen molar-refractivity contribution < 1.29 is 13.7 Å². The lowest BCUT2D eigenvalue weighted by Crippen LogP contribution is -2.02. The summed E-state index contributed by atoms with van der Waals surface area (Å²) < 4.78 is 13.5. The Morgan fingerprint density at radius 3 is 1.92 bits per heavy atom. The number of carbonyl (C=O) groups is 1. The molecule has 0 saturated carbocycles. The summed E-state index contributed by atoms with van der Waals surface area (Å²) in [5, 5.41) is 0. The number of rotatable bonds is 2. The molecule has 0 aromatic heterocycles. The molecule has 7 heteroatoms. The van der Waals surface area contributed by atoms with Gasteiger partial charge in [0.05, 0.1) is 6.61 Å². The summed E-state index contributed by atoms with van der Waals surface area (Å²) in [6.45, 7) is 4.29. The van der Waals surface area contributed by atoms with E-state index in [0.29, 0.717) is 12.5 Å². The van der Waals surface area contributed by atoms with E-state index in [0.717, 1.165) is 0 Å². The van der Waals surface area contributed by atoms with Crippen molar-refractivity contribution in [2.45, 2.75) is 13.8 Å². The highest BCUT2D eigenvalue weighted by Crippen LogP contribution is 1.94. The highest BCUT2D eigenvalue weighted by Gasteiger charge is 1.96. The topological polar surface area (TPSA) is 43.4 Å². The average molecular weight is 256 g/mol. The van der Waals surface area contributed by atoms with Crippen LogP contribution in [0.1, 0.15) is 13.8 Å². The second-order valence-electron chi connectivity index (χ2n) is 2.13. The van der Waals surface area contributed by atoms with E-state index in [1.165, 1.54) is 0 Å². The van der Waals surface area contributed by atoms with Gasteiger partial charge in [0.2, 0.25) is 9.23 Å². The summed E-state index contributed by atoms with van der Waals surface area (Å²) in [5.74, 6) is 0.359. The molecular formula is C5H9Cl3O3S. The molecule has 74 valence electrons. The molecule has 12 heavy (non-hydrogen) atoms. The normalized spacial score (nSPS) is 9.25. The van der Waals surface area contributed by atoms with Crippen LogP contribution in [0.2, 0.25) is 0 Å². The summed E-state index contributed by atoms with van der Waals surface area (Å²) in [7, 11) is 7.36. The fourth-order valence-corrected chi connectivity index (χ4v) is 0.295. The Morgan fingerprint density at radius 2 is 1.83 bits per heavy atom. The van der Waals surface area contributed by atoms with Crippen LogP contribution in [0.25, 0.3) is 0 Å². The van der Waals surface area contributed by atoms with E-state index in [1.807, 2.05) is 13.8 Å². The lowest BCUT2D eigenvalue weighted by Gasteiger charge is -2.00. The van der Waals surface area contributed by atoms with Gasteiger partial charge in [-0.25, -0.2) is 9.00 Å². The first-order valence-electron chi connectivity index (χ1n) is 2.92. The highest BCUT2D eigenvalue weighted by molar-refractivity contribution is 8.26. The molecule has 3 nitrogen and oxygen atoms in total. The van der Waals surface area contributed by atoms with Crippen molar-refractivity contribution in [3.8, 4) is 0 Å². The molecule has 0 fully saturated rings. The van der Waals surface area contributed by atoms with E-state index < -0.39 is 14.7 Å². The van der Waals surface area contributed by atoms with Crippen LogP contribution in [0.5, 0.6) is 0 Å². The number of halogens is 3. The van der Waals surface area contributed by atoms with Crippen molar-refractivity contribution >= 4 is 47.6 Å². The zero-order valence-electron chi connectivity index (χ0n) is 6.55. The fraction of sp³-hybridized carbons (Fsp3) is 0.800. The molecule has 0 aliphatic rings. The van der Waals surface area contributed by atoms with E-state index in [9.17, 15) is 4.79 Å². The minimum Gasteiger partial charge on any atom is -0.453 e. The molecule has 0 atom stereocenters. The average Bonchev–Trinajstić information content (AvgIpc) is 1.82. The van der Waals surface area contributed by atoms with Crippen molar-refractivity contribution in [2.75, 3.05) is 6.61 Å². The predicted octanol–water partition coefficient (Wildman–Crippen LogP) is 3.06. The standard InChI is InChI=1S/C5H9ClO2.Cl2OS/c1-4(2)3-8-5(6)7;1-4(2)3/h4H,3H2,1-2H3;. The molecule has 0 aliphatic carbocycles. The smallest absolute Gasteiger partial charge is 0.403 e. The van der Waals surface area contributed by atoms with Crippen LogP contribution in [0.15, 0.2) is 0 Å². The van der Waals surface area contributed by atoms with Gasteiger partial charge in [0.25, 0.3) is 0 Å². The largest absolute Gasteiger partial charge is 0.453 e. The maximum Gasteiger partial charge on any atom is 0.403 e. The third-order valence-corrected chi connectivity index (χ3v) is 0.639. The van der Waals surface area contributed by atoms with E-state index in [4.69, 9.17) is 15.8 Å². The van der Waals surface area contributed by atoms with Crippen molar-refractivity contribution in [3.05, 3.63) is 0 Å². The number of hydrogen-bond donors (Lipinski definition) is 0. The minimum atomic E-state index is -1.67. The number of hydrogen-bond acceptors (Lipinski definition) is 3. The number of carbonyl (C=O) groups excluding carboxylic acids is 1. The van der Waals surface area contributed by atoms with Crippen molar-refractivity contribution in [1.82, 2.24) is 0 Å². The zero-order chi connectivity index (χ0) is 10.1. The zero-order valence-corrected chi connectivity index (χ0v) is 9.64. The second kappa shape index (κ2) is 9.58. The summed E-state index contributed by atoms with van der Waals surface area (Å²) >= 11 is 4.86. The molecule has 0 spiro atoms. The van der Waals surface area contributed by atoms with Crippen LogP contribution in [0, 0.1) is 5.92 Å². The van der Waals surface area contributed by atoms with Crippen LogP contribution in [0.3, 0.4) is 0 Å². The maximum atomic E-state index is 9.89. The van der Waals surface area contributed by atoms with Crippen molar-refractivity contribution in [1.29, 1.82) is 0 Å². The molecule has 0 aromatic carbocycles. The maximum absolute atomic E-state index is 9.89. The van der Waals surface area contributed by atoms with E-state index in [-0.39, 0.29) is 0 Å². The Labute approximate surface area is 87.8 Å². The molecule has 0 aliphatic heterocycles. The lowest BCUT2D eigenvalue weighted by molar-refractivity contribution is 0.159. The van der Waals surface area contributed by atoms with Crippen LogP contribution in [0.4, 0.5) is 4.79 Å². The van der Waals surface area contributed by atoms with Gasteiger partial charge in [0, 0.05) is 33.0 Å². The molecule has 0 saturated heterocycles. The van der Waals surface area contributed by atoms with Gasteiger partial charge in [-0.3, -0.25) is 0 Å². The Morgan fingerprint density at radius 1 is 1.50 bits per heavy atom. The summed E-state index contributed by atoms with van der Waals surface area (Å²) in [5.41, 5.74) is -0.723. The van der Waals surface area contributed by atoms with Crippen LogP contribution in [-0.4, -0.2) is 16.2 Å². The molecule has 0 rings (SSSR count). The SMILES string of the molecule is CC(C)COC(=O)Cl.O=S(Cl)Cl. The Hall–Kier alpha value is 0.490. The Kier molecular flexibility index (Phi) is 12.0. The second-order valence-corrected chi connectivity index (χ2v) is 4.96. The molecule has 0 radical (unpaired) electrons. The molecular weight excluding hydrogens is 246 g/mol. The van der Waals surface area contributed by atoms with E-state index >= 15 is 0 Å². The first-order chi connectivity index (χ1) is 5.36. The van der Waals surface area contributed by atoms with Crippen molar-refractivity contribution in [2.24, 2.45) is 5.92 Å². The Bertz CT molecular complexity index is 147. The van der Waals surface area contributed by atoms with Gasteiger partial charge in [-0.1, -0.05) is 13.8 Å². The molecule has 0 N–H and O–H groups in total. The summed E-state index contributed by atoms with van der Waals surface area (Å²) in [6.07, 6.45) is 0. The summed E-state index contributed by atoms with van der Waals surface area (Å²) in [4.78, 5) is 9.89. The van der Waals surface area contributed by atoms with Gasteiger partial charge in [-0.15, -0.1) is 0 Å². The van der Waals surface area contributed by atoms with Gasteiger partial charge >= 0.3 is 5.43 Å². The van der Waals surface area contributed by atoms with Crippen LogP contribution < -0.4 is 0 Å². The molecule has 0 unspecified atom stereocenters. The summed E-state index contributed by atoms with van der Waals surface area (Å²) in [6, 6.07) is 0. The molecule has 0 heterocycles. The first kappa shape index (κ1) is 15.0. The third kappa shape index (κ3) is 31.3. The fourth-order valence-electron chi connectivity index (χ4n) is 0.232. The van der Waals surface area contributed by atoms with Gasteiger partial charge < -0.3 is 4.74 Å². The quantitative estimate of drug-likeness (QED) is 0.712. The van der Waals surface area contributed by atoms with Gasteiger partial charge in [0.15, 0.2) is 0 Å². The number of ether oxygens (including phenoxy) is 1. The molecule has 0 amide bonds. The van der Waals surface area contributed by atoms with E-state index in [1.54, 1.807) is 0 Å². The van der Waals surface area contributed by atoms with Crippen LogP contribution in [-0.2, 0) is 14.0 Å². The highest BCUT2D eigenvalue weighted by atomic mass is 36.0. The lowest BCUT2D eigenvalue weighted by atomic mass is 10.2.